The first kappa shape index (κ1) is 19.0. The van der Waals surface area contributed by atoms with Crippen LogP contribution in [-0.2, 0) is 13.1 Å². The van der Waals surface area contributed by atoms with Crippen LogP contribution in [0.25, 0.3) is 0 Å². The molecule has 0 bridgehead atoms. The summed E-state index contributed by atoms with van der Waals surface area (Å²) in [5.41, 5.74) is 2.06. The van der Waals surface area contributed by atoms with Gasteiger partial charge in [-0.1, -0.05) is 12.8 Å². The Balaban J connectivity index is 1.48. The van der Waals surface area contributed by atoms with Crippen molar-refractivity contribution in [3.05, 3.63) is 22.9 Å². The number of carbonyl (C=O) groups is 2. The second-order valence-electron chi connectivity index (χ2n) is 7.85. The number of rotatable bonds is 5. The van der Waals surface area contributed by atoms with Gasteiger partial charge in [0, 0.05) is 24.7 Å². The average molecular weight is 388 g/mol. The predicted molar refractivity (Wildman–Crippen MR) is 102 cm³/mol. The van der Waals surface area contributed by atoms with Crippen molar-refractivity contribution in [3.8, 4) is 5.88 Å². The lowest BCUT2D eigenvalue weighted by molar-refractivity contribution is 0.0706. The van der Waals surface area contributed by atoms with E-state index in [0.717, 1.165) is 31.4 Å². The van der Waals surface area contributed by atoms with E-state index < -0.39 is 0 Å². The van der Waals surface area contributed by atoms with Gasteiger partial charge in [-0.3, -0.25) is 4.79 Å². The van der Waals surface area contributed by atoms with Gasteiger partial charge >= 0.3 is 6.03 Å². The third-order valence-corrected chi connectivity index (χ3v) is 6.19. The normalized spacial score (nSPS) is 22.1. The van der Waals surface area contributed by atoms with Crippen LogP contribution >= 0.6 is 0 Å². The van der Waals surface area contributed by atoms with Gasteiger partial charge in [0.05, 0.1) is 37.6 Å². The number of amides is 3. The number of methoxy groups -OCH3 is 1. The Morgan fingerprint density at radius 2 is 2.11 bits per heavy atom. The standard InChI is InChI=1S/C20H28N4O4/c1-28-18-13(10-21-20(27)23-8-4-7-15(23)12-25)9-16-17(22-18)11-24(19(16)26)14-5-2-3-6-14/h9,14-15,25H,2-8,10-12H2,1H3,(H,21,27)/t15-/m1/s1. The van der Waals surface area contributed by atoms with Gasteiger partial charge in [-0.25, -0.2) is 9.78 Å². The summed E-state index contributed by atoms with van der Waals surface area (Å²) >= 11 is 0. The van der Waals surface area contributed by atoms with Crippen LogP contribution in [0.1, 0.15) is 60.1 Å². The molecule has 1 aromatic rings. The van der Waals surface area contributed by atoms with Gasteiger partial charge in [0.25, 0.3) is 5.91 Å². The summed E-state index contributed by atoms with van der Waals surface area (Å²) in [5, 5.41) is 12.3. The van der Waals surface area contributed by atoms with Crippen molar-refractivity contribution in [2.75, 3.05) is 20.3 Å². The molecule has 8 nitrogen and oxygen atoms in total. The zero-order chi connectivity index (χ0) is 19.7. The molecule has 1 saturated heterocycles. The summed E-state index contributed by atoms with van der Waals surface area (Å²) in [6, 6.07) is 1.78. The van der Waals surface area contributed by atoms with Gasteiger partial charge in [-0.15, -0.1) is 0 Å². The Morgan fingerprint density at radius 1 is 1.32 bits per heavy atom. The van der Waals surface area contributed by atoms with E-state index in [0.29, 0.717) is 36.1 Å². The quantitative estimate of drug-likeness (QED) is 0.800. The fourth-order valence-corrected chi connectivity index (χ4v) is 4.65. The van der Waals surface area contributed by atoms with E-state index in [-0.39, 0.29) is 31.1 Å². The topological polar surface area (TPSA) is 95.0 Å². The summed E-state index contributed by atoms with van der Waals surface area (Å²) in [5.74, 6) is 0.477. The van der Waals surface area contributed by atoms with E-state index in [2.05, 4.69) is 10.3 Å². The molecular formula is C20H28N4O4. The first-order chi connectivity index (χ1) is 13.6. The van der Waals surface area contributed by atoms with E-state index >= 15 is 0 Å². The zero-order valence-corrected chi connectivity index (χ0v) is 16.3. The van der Waals surface area contributed by atoms with Crippen LogP contribution in [0.4, 0.5) is 4.79 Å². The molecule has 0 unspecified atom stereocenters. The minimum absolute atomic E-state index is 0.0252. The van der Waals surface area contributed by atoms with Crippen molar-refractivity contribution in [2.45, 2.75) is 63.7 Å². The van der Waals surface area contributed by atoms with Crippen LogP contribution in [0, 0.1) is 0 Å². The number of likely N-dealkylation sites (tertiary alicyclic amines) is 1. The van der Waals surface area contributed by atoms with Gasteiger partial charge in [0.2, 0.25) is 5.88 Å². The summed E-state index contributed by atoms with van der Waals surface area (Å²) in [7, 11) is 1.55. The SMILES string of the molecule is COc1nc2c(cc1CNC(=O)N1CCC[C@@H]1CO)C(=O)N(C1CCCC1)C2. The molecule has 2 N–H and O–H groups in total. The van der Waals surface area contributed by atoms with Crippen LogP contribution < -0.4 is 10.1 Å². The molecule has 0 spiro atoms. The van der Waals surface area contributed by atoms with E-state index in [4.69, 9.17) is 4.74 Å². The molecule has 1 aliphatic carbocycles. The highest BCUT2D eigenvalue weighted by atomic mass is 16.5. The highest BCUT2D eigenvalue weighted by Crippen LogP contribution is 2.33. The third kappa shape index (κ3) is 3.41. The molecule has 2 fully saturated rings. The lowest BCUT2D eigenvalue weighted by Crippen LogP contribution is -2.43. The molecule has 3 aliphatic rings. The minimum Gasteiger partial charge on any atom is -0.481 e. The van der Waals surface area contributed by atoms with Gasteiger partial charge in [0.1, 0.15) is 0 Å². The number of aliphatic hydroxyl groups is 1. The van der Waals surface area contributed by atoms with Crippen LogP contribution in [0.15, 0.2) is 6.07 Å². The maximum atomic E-state index is 12.9. The van der Waals surface area contributed by atoms with E-state index in [1.165, 1.54) is 12.8 Å². The number of pyridine rings is 1. The molecule has 2 aliphatic heterocycles. The molecule has 1 saturated carbocycles. The first-order valence-electron chi connectivity index (χ1n) is 10.2. The monoisotopic (exact) mass is 388 g/mol. The van der Waals surface area contributed by atoms with E-state index in [1.54, 1.807) is 12.0 Å². The average Bonchev–Trinajstić information content (AvgIpc) is 3.45. The third-order valence-electron chi connectivity index (χ3n) is 6.19. The highest BCUT2D eigenvalue weighted by Gasteiger charge is 2.36. The summed E-state index contributed by atoms with van der Waals surface area (Å²) in [6.07, 6.45) is 6.17. The molecule has 8 heteroatoms. The molecule has 0 radical (unpaired) electrons. The number of fused-ring (bicyclic) bond motifs is 1. The van der Waals surface area contributed by atoms with Crippen molar-refractivity contribution in [1.29, 1.82) is 0 Å². The number of hydrogen-bond donors (Lipinski definition) is 2. The molecule has 0 aromatic carbocycles. The molecule has 3 heterocycles. The van der Waals surface area contributed by atoms with Crippen LogP contribution in [0.5, 0.6) is 5.88 Å². The number of aromatic nitrogens is 1. The first-order valence-corrected chi connectivity index (χ1v) is 10.2. The number of urea groups is 1. The summed E-state index contributed by atoms with van der Waals surface area (Å²) in [4.78, 5) is 33.5. The zero-order valence-electron chi connectivity index (χ0n) is 16.3. The lowest BCUT2D eigenvalue weighted by Gasteiger charge is -2.23. The molecule has 28 heavy (non-hydrogen) atoms. The van der Waals surface area contributed by atoms with E-state index in [9.17, 15) is 14.7 Å². The van der Waals surface area contributed by atoms with Crippen molar-refractivity contribution in [3.63, 3.8) is 0 Å². The Bertz CT molecular complexity index is 763. The van der Waals surface area contributed by atoms with Crippen molar-refractivity contribution in [1.82, 2.24) is 20.1 Å². The molecule has 4 rings (SSSR count). The largest absolute Gasteiger partial charge is 0.481 e. The number of nitrogens with one attached hydrogen (secondary N) is 1. The van der Waals surface area contributed by atoms with Gasteiger partial charge in [-0.2, -0.15) is 0 Å². The molecule has 152 valence electrons. The molecule has 1 aromatic heterocycles. The fourth-order valence-electron chi connectivity index (χ4n) is 4.65. The molecular weight excluding hydrogens is 360 g/mol. The Morgan fingerprint density at radius 3 is 2.82 bits per heavy atom. The van der Waals surface area contributed by atoms with Crippen LogP contribution in [0.3, 0.4) is 0 Å². The highest BCUT2D eigenvalue weighted by molar-refractivity contribution is 5.98. The molecule has 3 amide bonds. The predicted octanol–water partition coefficient (Wildman–Crippen LogP) is 1.65. The Kier molecular flexibility index (Phi) is 5.39. The van der Waals surface area contributed by atoms with Crippen molar-refractivity contribution >= 4 is 11.9 Å². The van der Waals surface area contributed by atoms with Crippen LogP contribution in [-0.4, -0.2) is 64.2 Å². The van der Waals surface area contributed by atoms with Gasteiger partial charge in [0.15, 0.2) is 0 Å². The number of nitrogens with zero attached hydrogens (tertiary/aromatic N) is 3. The smallest absolute Gasteiger partial charge is 0.317 e. The number of ether oxygens (including phenoxy) is 1. The Labute approximate surface area is 164 Å². The second-order valence-corrected chi connectivity index (χ2v) is 7.85. The van der Waals surface area contributed by atoms with E-state index in [1.807, 2.05) is 11.0 Å². The number of carbonyl (C=O) groups excluding carboxylic acids is 2. The number of aliphatic hydroxyl groups excluding tert-OH is 1. The summed E-state index contributed by atoms with van der Waals surface area (Å²) in [6.45, 7) is 1.38. The maximum Gasteiger partial charge on any atom is 0.317 e. The molecule has 1 atom stereocenters. The van der Waals surface area contributed by atoms with Gasteiger partial charge in [-0.05, 0) is 31.7 Å². The number of hydrogen-bond acceptors (Lipinski definition) is 5. The van der Waals surface area contributed by atoms with Crippen LogP contribution in [0.2, 0.25) is 0 Å². The fraction of sp³-hybridized carbons (Fsp3) is 0.650. The minimum atomic E-state index is -0.210. The van der Waals surface area contributed by atoms with Crippen molar-refractivity contribution < 1.29 is 19.4 Å². The lowest BCUT2D eigenvalue weighted by atomic mass is 10.1. The Hall–Kier alpha value is -2.35. The second kappa shape index (κ2) is 7.95. The summed E-state index contributed by atoms with van der Waals surface area (Å²) < 4.78 is 5.42. The van der Waals surface area contributed by atoms with Gasteiger partial charge < -0.3 is 25.0 Å². The van der Waals surface area contributed by atoms with Crippen molar-refractivity contribution in [2.24, 2.45) is 0 Å². The maximum absolute atomic E-state index is 12.9.